The minimum Gasteiger partial charge on any atom is -0.493 e. The first-order chi connectivity index (χ1) is 11.7. The standard InChI is InChI=1S/C18H14N2O4/c1-23-14-9-5-6-10-15(14)24-17-13(18(21)22)11-19-16(20-17)12-7-3-2-4-8-12/h2-11H,1H3,(H,21,22). The molecule has 0 spiro atoms. The van der Waals surface area contributed by atoms with Crippen LogP contribution in [0.25, 0.3) is 11.4 Å². The first kappa shape index (κ1) is 15.5. The minimum absolute atomic E-state index is 0.0409. The van der Waals surface area contributed by atoms with Crippen molar-refractivity contribution in [1.29, 1.82) is 0 Å². The molecule has 3 rings (SSSR count). The van der Waals surface area contributed by atoms with Gasteiger partial charge >= 0.3 is 5.97 Å². The molecule has 3 aromatic rings. The summed E-state index contributed by atoms with van der Waals surface area (Å²) in [6.45, 7) is 0. The van der Waals surface area contributed by atoms with Crippen LogP contribution in [0.4, 0.5) is 0 Å². The van der Waals surface area contributed by atoms with E-state index in [1.54, 1.807) is 24.3 Å². The normalized spacial score (nSPS) is 10.2. The highest BCUT2D eigenvalue weighted by molar-refractivity contribution is 5.90. The highest BCUT2D eigenvalue weighted by Crippen LogP contribution is 2.32. The van der Waals surface area contributed by atoms with Crippen molar-refractivity contribution in [1.82, 2.24) is 9.97 Å². The number of nitrogens with zero attached hydrogens (tertiary/aromatic N) is 2. The molecular formula is C18H14N2O4. The maximum absolute atomic E-state index is 11.4. The molecule has 0 aliphatic heterocycles. The summed E-state index contributed by atoms with van der Waals surface area (Å²) in [5.41, 5.74) is 0.639. The van der Waals surface area contributed by atoms with Crippen molar-refractivity contribution in [2.24, 2.45) is 0 Å². The number of aromatic carboxylic acids is 1. The van der Waals surface area contributed by atoms with Gasteiger partial charge in [-0.3, -0.25) is 0 Å². The van der Waals surface area contributed by atoms with E-state index in [0.717, 1.165) is 5.56 Å². The quantitative estimate of drug-likeness (QED) is 0.772. The average Bonchev–Trinajstić information content (AvgIpc) is 2.62. The molecule has 2 aromatic carbocycles. The Morgan fingerprint density at radius 3 is 2.33 bits per heavy atom. The third-order valence-corrected chi connectivity index (χ3v) is 3.29. The molecular weight excluding hydrogens is 308 g/mol. The van der Waals surface area contributed by atoms with E-state index in [-0.39, 0.29) is 11.4 Å². The summed E-state index contributed by atoms with van der Waals surface area (Å²) >= 11 is 0. The summed E-state index contributed by atoms with van der Waals surface area (Å²) in [7, 11) is 1.51. The monoisotopic (exact) mass is 322 g/mol. The lowest BCUT2D eigenvalue weighted by molar-refractivity contribution is 0.0692. The number of ether oxygens (including phenoxy) is 2. The van der Waals surface area contributed by atoms with Crippen LogP contribution >= 0.6 is 0 Å². The predicted octanol–water partition coefficient (Wildman–Crippen LogP) is 3.64. The van der Waals surface area contributed by atoms with E-state index >= 15 is 0 Å². The molecule has 1 heterocycles. The fourth-order valence-electron chi connectivity index (χ4n) is 2.12. The van der Waals surface area contributed by atoms with Crippen LogP contribution in [0, 0.1) is 0 Å². The van der Waals surface area contributed by atoms with Crippen LogP contribution in [0.5, 0.6) is 17.4 Å². The van der Waals surface area contributed by atoms with Crippen molar-refractivity contribution < 1.29 is 19.4 Å². The number of para-hydroxylation sites is 2. The number of aromatic nitrogens is 2. The molecule has 1 aromatic heterocycles. The summed E-state index contributed by atoms with van der Waals surface area (Å²) in [5, 5.41) is 9.34. The number of rotatable bonds is 5. The largest absolute Gasteiger partial charge is 0.493 e. The smallest absolute Gasteiger partial charge is 0.342 e. The van der Waals surface area contributed by atoms with E-state index in [9.17, 15) is 9.90 Å². The average molecular weight is 322 g/mol. The zero-order valence-corrected chi connectivity index (χ0v) is 12.8. The zero-order chi connectivity index (χ0) is 16.9. The van der Waals surface area contributed by atoms with Gasteiger partial charge in [-0.2, -0.15) is 4.98 Å². The number of carbonyl (C=O) groups is 1. The van der Waals surface area contributed by atoms with E-state index < -0.39 is 5.97 Å². The van der Waals surface area contributed by atoms with Crippen LogP contribution in [0.2, 0.25) is 0 Å². The molecule has 0 saturated heterocycles. The second kappa shape index (κ2) is 6.78. The molecule has 1 N–H and O–H groups in total. The van der Waals surface area contributed by atoms with Gasteiger partial charge in [0, 0.05) is 11.8 Å². The van der Waals surface area contributed by atoms with Crippen LogP contribution < -0.4 is 9.47 Å². The molecule has 6 nitrogen and oxygen atoms in total. The van der Waals surface area contributed by atoms with Gasteiger partial charge in [0.1, 0.15) is 5.56 Å². The number of hydrogen-bond donors (Lipinski definition) is 1. The molecule has 0 atom stereocenters. The van der Waals surface area contributed by atoms with Gasteiger partial charge in [0.2, 0.25) is 5.88 Å². The van der Waals surface area contributed by atoms with Gasteiger partial charge in [0.05, 0.1) is 7.11 Å². The SMILES string of the molecule is COc1ccccc1Oc1nc(-c2ccccc2)ncc1C(=O)O. The van der Waals surface area contributed by atoms with Crippen LogP contribution in [-0.4, -0.2) is 28.2 Å². The van der Waals surface area contributed by atoms with Gasteiger partial charge in [-0.15, -0.1) is 0 Å². The molecule has 0 saturated carbocycles. The number of hydrogen-bond acceptors (Lipinski definition) is 5. The van der Waals surface area contributed by atoms with Gasteiger partial charge in [-0.05, 0) is 12.1 Å². The van der Waals surface area contributed by atoms with E-state index in [4.69, 9.17) is 9.47 Å². The number of carboxylic acids is 1. The Labute approximate surface area is 138 Å². The fraction of sp³-hybridized carbons (Fsp3) is 0.0556. The molecule has 0 aliphatic rings. The fourth-order valence-corrected chi connectivity index (χ4v) is 2.12. The first-order valence-corrected chi connectivity index (χ1v) is 7.15. The first-order valence-electron chi connectivity index (χ1n) is 7.15. The lowest BCUT2D eigenvalue weighted by Crippen LogP contribution is -2.05. The van der Waals surface area contributed by atoms with Crippen molar-refractivity contribution in [3.8, 4) is 28.8 Å². The second-order valence-electron chi connectivity index (χ2n) is 4.84. The Hall–Kier alpha value is -3.41. The highest BCUT2D eigenvalue weighted by Gasteiger charge is 2.18. The third-order valence-electron chi connectivity index (χ3n) is 3.29. The zero-order valence-electron chi connectivity index (χ0n) is 12.8. The minimum atomic E-state index is -1.17. The summed E-state index contributed by atoms with van der Waals surface area (Å²) in [6, 6.07) is 16.2. The van der Waals surface area contributed by atoms with Gasteiger partial charge in [0.25, 0.3) is 0 Å². The lowest BCUT2D eigenvalue weighted by Gasteiger charge is -2.11. The van der Waals surface area contributed by atoms with Crippen LogP contribution in [-0.2, 0) is 0 Å². The van der Waals surface area contributed by atoms with Gasteiger partial charge in [-0.25, -0.2) is 9.78 Å². The number of benzene rings is 2. The molecule has 120 valence electrons. The van der Waals surface area contributed by atoms with Crippen LogP contribution in [0.15, 0.2) is 60.8 Å². The van der Waals surface area contributed by atoms with Crippen molar-refractivity contribution in [2.75, 3.05) is 7.11 Å². The maximum Gasteiger partial charge on any atom is 0.342 e. The third kappa shape index (κ3) is 3.17. The topological polar surface area (TPSA) is 81.5 Å². The molecule has 6 heteroatoms. The number of methoxy groups -OCH3 is 1. The Morgan fingerprint density at radius 2 is 1.67 bits per heavy atom. The summed E-state index contributed by atoms with van der Waals surface area (Å²) in [6.07, 6.45) is 1.24. The maximum atomic E-state index is 11.4. The van der Waals surface area contributed by atoms with Crippen LogP contribution in [0.1, 0.15) is 10.4 Å². The van der Waals surface area contributed by atoms with Gasteiger partial charge in [-0.1, -0.05) is 42.5 Å². The Morgan fingerprint density at radius 1 is 1.00 bits per heavy atom. The van der Waals surface area contributed by atoms with Crippen molar-refractivity contribution in [2.45, 2.75) is 0 Å². The van der Waals surface area contributed by atoms with Crippen molar-refractivity contribution in [3.63, 3.8) is 0 Å². The Bertz CT molecular complexity index is 866. The van der Waals surface area contributed by atoms with Gasteiger partial charge in [0.15, 0.2) is 17.3 Å². The molecule has 0 amide bonds. The van der Waals surface area contributed by atoms with Crippen LogP contribution in [0.3, 0.4) is 0 Å². The Kier molecular flexibility index (Phi) is 4.38. The van der Waals surface area contributed by atoms with E-state index in [1.807, 2.05) is 30.3 Å². The summed E-state index contributed by atoms with van der Waals surface area (Å²) in [5.74, 6) is 0.0276. The predicted molar refractivity (Wildman–Crippen MR) is 87.5 cm³/mol. The highest BCUT2D eigenvalue weighted by atomic mass is 16.5. The van der Waals surface area contributed by atoms with Gasteiger partial charge < -0.3 is 14.6 Å². The molecule has 0 unspecified atom stereocenters. The molecule has 24 heavy (non-hydrogen) atoms. The summed E-state index contributed by atoms with van der Waals surface area (Å²) in [4.78, 5) is 19.8. The molecule has 0 fully saturated rings. The molecule has 0 aliphatic carbocycles. The number of carboxylic acid groups (broad SMARTS) is 1. The van der Waals surface area contributed by atoms with Crippen molar-refractivity contribution in [3.05, 3.63) is 66.4 Å². The van der Waals surface area contributed by atoms with E-state index in [2.05, 4.69) is 9.97 Å². The van der Waals surface area contributed by atoms with E-state index in [0.29, 0.717) is 17.3 Å². The Balaban J connectivity index is 2.05. The van der Waals surface area contributed by atoms with E-state index in [1.165, 1.54) is 13.3 Å². The molecule has 0 radical (unpaired) electrons. The molecule has 0 bridgehead atoms. The lowest BCUT2D eigenvalue weighted by atomic mass is 10.2. The second-order valence-corrected chi connectivity index (χ2v) is 4.84. The summed E-state index contributed by atoms with van der Waals surface area (Å²) < 4.78 is 10.9. The van der Waals surface area contributed by atoms with Crippen molar-refractivity contribution >= 4 is 5.97 Å².